The van der Waals surface area contributed by atoms with E-state index in [2.05, 4.69) is 14.9 Å². The number of carbonyl (C=O) groups excluding carboxylic acids is 1. The van der Waals surface area contributed by atoms with Gasteiger partial charge >= 0.3 is 12.0 Å². The zero-order valence-corrected chi connectivity index (χ0v) is 25.8. The number of nitrogens with zero attached hydrogens (tertiary/aromatic N) is 5. The molecule has 3 saturated heterocycles. The first-order valence-corrected chi connectivity index (χ1v) is 15.8. The van der Waals surface area contributed by atoms with Crippen molar-refractivity contribution in [1.82, 2.24) is 14.9 Å². The minimum absolute atomic E-state index is 0.00662. The number of aromatic nitrogens is 2. The standard InChI is InChI=1S/C31H28ClF3N6O3S/c1-43-22(42)7-15-11-40(12-15)29-18-8-20(32)24(17-3-4-21(34)27-23(17)19(10-36)28(37)45-27)25(35)26(18)38-30(39-29)44-14-31-5-2-6-41(31)13-16(33)9-31/h3-4,8,15-16H,2,5-7,9,11-14,37H2,1H3/t16-,31+/m1/s1. The molecule has 0 bridgehead atoms. The van der Waals surface area contributed by atoms with Gasteiger partial charge in [0.15, 0.2) is 5.82 Å². The number of thiophene rings is 1. The van der Waals surface area contributed by atoms with E-state index < -0.39 is 23.3 Å². The van der Waals surface area contributed by atoms with Gasteiger partial charge in [-0.3, -0.25) is 9.69 Å². The van der Waals surface area contributed by atoms with Crippen LogP contribution in [0.3, 0.4) is 0 Å². The molecule has 2 atom stereocenters. The monoisotopic (exact) mass is 656 g/mol. The van der Waals surface area contributed by atoms with Crippen molar-refractivity contribution < 1.29 is 27.4 Å². The Morgan fingerprint density at radius 1 is 1.29 bits per heavy atom. The summed E-state index contributed by atoms with van der Waals surface area (Å²) in [5, 5.41) is 10.4. The van der Waals surface area contributed by atoms with Crippen LogP contribution in [0.5, 0.6) is 6.01 Å². The Hall–Kier alpha value is -3.86. The number of halogens is 4. The summed E-state index contributed by atoms with van der Waals surface area (Å²) >= 11 is 7.65. The molecule has 0 saturated carbocycles. The normalized spacial score (nSPS) is 21.7. The fourth-order valence-corrected chi connectivity index (χ4v) is 8.30. The van der Waals surface area contributed by atoms with E-state index in [1.807, 2.05) is 11.0 Å². The van der Waals surface area contributed by atoms with Crippen molar-refractivity contribution >= 4 is 60.7 Å². The summed E-state index contributed by atoms with van der Waals surface area (Å²) < 4.78 is 57.0. The second-order valence-electron chi connectivity index (χ2n) is 11.9. The van der Waals surface area contributed by atoms with Crippen molar-refractivity contribution in [1.29, 1.82) is 5.26 Å². The largest absolute Gasteiger partial charge is 0.469 e. The van der Waals surface area contributed by atoms with Crippen LogP contribution in [-0.2, 0) is 9.53 Å². The Morgan fingerprint density at radius 2 is 2.09 bits per heavy atom. The van der Waals surface area contributed by atoms with E-state index >= 15 is 4.39 Å². The van der Waals surface area contributed by atoms with Gasteiger partial charge in [-0.15, -0.1) is 11.3 Å². The minimum Gasteiger partial charge on any atom is -0.469 e. The number of fused-ring (bicyclic) bond motifs is 3. The average molecular weight is 657 g/mol. The number of benzene rings is 2. The molecule has 0 amide bonds. The van der Waals surface area contributed by atoms with Crippen molar-refractivity contribution in [2.45, 2.75) is 37.4 Å². The van der Waals surface area contributed by atoms with Gasteiger partial charge < -0.3 is 20.1 Å². The molecule has 0 radical (unpaired) electrons. The Bertz CT molecular complexity index is 1910. The van der Waals surface area contributed by atoms with Crippen LogP contribution in [0.1, 0.15) is 31.2 Å². The molecule has 3 aliphatic heterocycles. The van der Waals surface area contributed by atoms with E-state index in [4.69, 9.17) is 26.8 Å². The van der Waals surface area contributed by atoms with Gasteiger partial charge in [0.1, 0.15) is 41.0 Å². The van der Waals surface area contributed by atoms with Gasteiger partial charge in [-0.2, -0.15) is 15.2 Å². The number of alkyl halides is 1. The molecule has 45 heavy (non-hydrogen) atoms. The topological polar surface area (TPSA) is 118 Å². The number of carbonyl (C=O) groups is 1. The fourth-order valence-electron chi connectivity index (χ4n) is 7.06. The number of rotatable bonds is 7. The third-order valence-corrected chi connectivity index (χ3v) is 10.5. The Morgan fingerprint density at radius 3 is 2.84 bits per heavy atom. The van der Waals surface area contributed by atoms with Crippen LogP contribution in [0.25, 0.3) is 32.1 Å². The first-order chi connectivity index (χ1) is 21.6. The van der Waals surface area contributed by atoms with Gasteiger partial charge in [0.25, 0.3) is 0 Å². The van der Waals surface area contributed by atoms with Crippen molar-refractivity contribution in [3.05, 3.63) is 40.4 Å². The summed E-state index contributed by atoms with van der Waals surface area (Å²) in [6.45, 7) is 2.19. The number of nitriles is 1. The average Bonchev–Trinajstić information content (AvgIpc) is 3.64. The first kappa shape index (κ1) is 29.8. The molecule has 9 nitrogen and oxygen atoms in total. The first-order valence-electron chi connectivity index (χ1n) is 14.6. The van der Waals surface area contributed by atoms with Gasteiger partial charge in [-0.25, -0.2) is 13.2 Å². The maximum Gasteiger partial charge on any atom is 0.319 e. The maximum atomic E-state index is 16.8. The SMILES string of the molecule is COC(=O)CC1CN(c2nc(OC[C@@]34CCCN3C[C@H](F)C4)nc3c(F)c(-c4ccc(F)c5sc(N)c(C#N)c45)c(Cl)cc23)C1. The van der Waals surface area contributed by atoms with Gasteiger partial charge in [-0.1, -0.05) is 17.7 Å². The lowest BCUT2D eigenvalue weighted by Crippen LogP contribution is -2.48. The van der Waals surface area contributed by atoms with Crippen LogP contribution in [0.2, 0.25) is 5.02 Å². The summed E-state index contributed by atoms with van der Waals surface area (Å²) in [6, 6.07) is 6.02. The molecule has 2 aromatic carbocycles. The number of hydrogen-bond acceptors (Lipinski definition) is 10. The quantitative estimate of drug-likeness (QED) is 0.244. The lowest BCUT2D eigenvalue weighted by atomic mass is 9.94. The molecule has 14 heteroatoms. The third-order valence-electron chi connectivity index (χ3n) is 9.21. The predicted octanol–water partition coefficient (Wildman–Crippen LogP) is 5.85. The smallest absolute Gasteiger partial charge is 0.319 e. The molecule has 5 heterocycles. The molecule has 3 aliphatic rings. The van der Waals surface area contributed by atoms with E-state index in [0.29, 0.717) is 37.3 Å². The number of ether oxygens (including phenoxy) is 2. The molecule has 3 fully saturated rings. The van der Waals surface area contributed by atoms with Crippen molar-refractivity contribution in [2.24, 2.45) is 5.92 Å². The Labute approximate surface area is 265 Å². The fraction of sp³-hybridized carbons (Fsp3) is 0.419. The van der Waals surface area contributed by atoms with Crippen LogP contribution in [0.4, 0.5) is 24.0 Å². The molecule has 4 aromatic rings. The van der Waals surface area contributed by atoms with E-state index in [9.17, 15) is 18.8 Å². The second kappa shape index (κ2) is 11.2. The van der Waals surface area contributed by atoms with Crippen molar-refractivity contribution in [2.75, 3.05) is 50.5 Å². The highest BCUT2D eigenvalue weighted by molar-refractivity contribution is 7.23. The number of methoxy groups -OCH3 is 1. The predicted molar refractivity (Wildman–Crippen MR) is 165 cm³/mol. The number of nitrogen functional groups attached to an aromatic ring is 1. The molecule has 0 aliphatic carbocycles. The summed E-state index contributed by atoms with van der Waals surface area (Å²) in [5.74, 6) is -1.33. The molecule has 7 rings (SSSR count). The van der Waals surface area contributed by atoms with E-state index in [0.717, 1.165) is 30.7 Å². The second-order valence-corrected chi connectivity index (χ2v) is 13.4. The van der Waals surface area contributed by atoms with E-state index in [1.165, 1.54) is 19.2 Å². The minimum atomic E-state index is -0.950. The Balaban J connectivity index is 1.34. The highest BCUT2D eigenvalue weighted by atomic mass is 35.5. The lowest BCUT2D eigenvalue weighted by Gasteiger charge is -2.40. The summed E-state index contributed by atoms with van der Waals surface area (Å²) in [6.07, 6.45) is 1.32. The molecule has 0 spiro atoms. The highest BCUT2D eigenvalue weighted by Gasteiger charge is 2.49. The van der Waals surface area contributed by atoms with Crippen LogP contribution in [0, 0.1) is 28.9 Å². The maximum absolute atomic E-state index is 16.8. The third kappa shape index (κ3) is 4.90. The van der Waals surface area contributed by atoms with Gasteiger partial charge in [0, 0.05) is 48.3 Å². The summed E-state index contributed by atoms with van der Waals surface area (Å²) in [5.41, 5.74) is 5.63. The number of nitrogens with two attached hydrogens (primary N) is 1. The van der Waals surface area contributed by atoms with Crippen LogP contribution >= 0.6 is 22.9 Å². The summed E-state index contributed by atoms with van der Waals surface area (Å²) in [7, 11) is 1.34. The number of hydrogen-bond donors (Lipinski definition) is 1. The highest BCUT2D eigenvalue weighted by Crippen LogP contribution is 2.46. The number of anilines is 2. The van der Waals surface area contributed by atoms with Gasteiger partial charge in [0.05, 0.1) is 34.4 Å². The zero-order valence-electron chi connectivity index (χ0n) is 24.2. The lowest BCUT2D eigenvalue weighted by molar-refractivity contribution is -0.141. The van der Waals surface area contributed by atoms with Gasteiger partial charge in [0.2, 0.25) is 0 Å². The zero-order chi connectivity index (χ0) is 31.6. The molecule has 0 unspecified atom stereocenters. The van der Waals surface area contributed by atoms with E-state index in [-0.39, 0.29) is 73.2 Å². The number of esters is 1. The van der Waals surface area contributed by atoms with Crippen LogP contribution < -0.4 is 15.4 Å². The van der Waals surface area contributed by atoms with E-state index in [1.54, 1.807) is 6.07 Å². The molecule has 234 valence electrons. The molecular weight excluding hydrogens is 629 g/mol. The van der Waals surface area contributed by atoms with Crippen molar-refractivity contribution in [3.8, 4) is 23.2 Å². The summed E-state index contributed by atoms with van der Waals surface area (Å²) in [4.78, 5) is 25.0. The van der Waals surface area contributed by atoms with Gasteiger partial charge in [-0.05, 0) is 37.1 Å². The Kier molecular flexibility index (Phi) is 7.42. The molecular formula is C31H28ClF3N6O3S. The molecule has 2 aromatic heterocycles. The van der Waals surface area contributed by atoms with Crippen LogP contribution in [0.15, 0.2) is 18.2 Å². The molecule has 2 N–H and O–H groups in total. The van der Waals surface area contributed by atoms with Crippen molar-refractivity contribution in [3.63, 3.8) is 0 Å². The van der Waals surface area contributed by atoms with Crippen LogP contribution in [-0.4, -0.2) is 72.4 Å².